The number of sulfone groups is 1. The largest absolute Gasteiger partial charge is 0.486 e. The summed E-state index contributed by atoms with van der Waals surface area (Å²) in [6, 6.07) is 12.1. The molecule has 1 saturated heterocycles. The smallest absolute Gasteiger partial charge is 0.290 e. The van der Waals surface area contributed by atoms with E-state index in [2.05, 4.69) is 0 Å². The van der Waals surface area contributed by atoms with Crippen LogP contribution < -0.4 is 0 Å². The van der Waals surface area contributed by atoms with E-state index >= 15 is 0 Å². The van der Waals surface area contributed by atoms with Gasteiger partial charge in [0.05, 0.1) is 24.7 Å². The highest BCUT2D eigenvalue weighted by molar-refractivity contribution is 8.00. The van der Waals surface area contributed by atoms with Gasteiger partial charge in [0.1, 0.15) is 17.3 Å². The molecule has 1 fully saturated rings. The van der Waals surface area contributed by atoms with Gasteiger partial charge < -0.3 is 18.8 Å². The third kappa shape index (κ3) is 4.38. The number of benzene rings is 1. The molecule has 7 nitrogen and oxygen atoms in total. The van der Waals surface area contributed by atoms with Crippen LogP contribution in [0.15, 0.2) is 58.9 Å². The quantitative estimate of drug-likeness (QED) is 0.718. The van der Waals surface area contributed by atoms with E-state index in [4.69, 9.17) is 13.9 Å². The number of amides is 1. The van der Waals surface area contributed by atoms with E-state index in [1.807, 2.05) is 0 Å². The Morgan fingerprint density at radius 3 is 2.62 bits per heavy atom. The van der Waals surface area contributed by atoms with Gasteiger partial charge >= 0.3 is 0 Å². The van der Waals surface area contributed by atoms with E-state index in [0.29, 0.717) is 24.5 Å². The first-order valence-electron chi connectivity index (χ1n) is 9.63. The second-order valence-electron chi connectivity index (χ2n) is 7.09. The van der Waals surface area contributed by atoms with Gasteiger partial charge in [-0.2, -0.15) is 0 Å². The molecule has 2 aliphatic rings. The predicted octanol–water partition coefficient (Wildman–Crippen LogP) is 2.60. The van der Waals surface area contributed by atoms with Gasteiger partial charge in [-0.3, -0.25) is 4.79 Å². The molecule has 4 rings (SSSR count). The summed E-state index contributed by atoms with van der Waals surface area (Å²) in [5.41, 5.74) is 0.450. The number of hydrogen-bond acceptors (Lipinski definition) is 6. The average Bonchev–Trinajstić information content (AvgIpc) is 3.41. The number of carbonyl (C=O) groups excluding carboxylic acids is 1. The molecule has 0 aliphatic carbocycles. The second-order valence-corrected chi connectivity index (χ2v) is 9.14. The van der Waals surface area contributed by atoms with Crippen molar-refractivity contribution in [1.29, 1.82) is 0 Å². The summed E-state index contributed by atoms with van der Waals surface area (Å²) in [4.78, 5) is 15.0. The maximum absolute atomic E-state index is 13.5. The van der Waals surface area contributed by atoms with E-state index in [1.165, 1.54) is 0 Å². The first kappa shape index (κ1) is 19.7. The molecule has 3 heterocycles. The van der Waals surface area contributed by atoms with E-state index in [-0.39, 0.29) is 35.7 Å². The van der Waals surface area contributed by atoms with Gasteiger partial charge in [0.15, 0.2) is 9.84 Å². The normalized spacial score (nSPS) is 21.0. The molecule has 0 bridgehead atoms. The van der Waals surface area contributed by atoms with E-state index in [9.17, 15) is 13.2 Å². The van der Waals surface area contributed by atoms with E-state index in [0.717, 1.165) is 12.8 Å². The fourth-order valence-corrected chi connectivity index (χ4v) is 5.04. The van der Waals surface area contributed by atoms with Crippen LogP contribution in [0.1, 0.15) is 24.2 Å². The van der Waals surface area contributed by atoms with Crippen molar-refractivity contribution in [3.63, 3.8) is 0 Å². The number of ether oxygens (including phenoxy) is 2. The van der Waals surface area contributed by atoms with Gasteiger partial charge in [-0.25, -0.2) is 8.42 Å². The maximum atomic E-state index is 13.5. The molecule has 0 spiro atoms. The molecule has 1 amide bonds. The monoisotopic (exact) mass is 417 g/mol. The van der Waals surface area contributed by atoms with Crippen LogP contribution in [0.4, 0.5) is 0 Å². The van der Waals surface area contributed by atoms with Crippen molar-refractivity contribution >= 4 is 20.6 Å². The summed E-state index contributed by atoms with van der Waals surface area (Å²) >= 11 is 0. The summed E-state index contributed by atoms with van der Waals surface area (Å²) in [5.74, 6) is -0.152. The Bertz CT molecular complexity index is 975. The molecule has 8 heteroatoms. The van der Waals surface area contributed by atoms with Crippen molar-refractivity contribution in [3.8, 4) is 0 Å². The molecule has 0 saturated carbocycles. The number of rotatable bonds is 6. The zero-order chi connectivity index (χ0) is 20.3. The van der Waals surface area contributed by atoms with Crippen molar-refractivity contribution < 1.29 is 27.1 Å². The van der Waals surface area contributed by atoms with Crippen molar-refractivity contribution in [2.45, 2.75) is 25.5 Å². The lowest BCUT2D eigenvalue weighted by molar-refractivity contribution is -0.133. The Kier molecular flexibility index (Phi) is 5.73. The van der Waals surface area contributed by atoms with Gasteiger partial charge in [-0.15, -0.1) is 0 Å². The van der Waals surface area contributed by atoms with Crippen molar-refractivity contribution in [1.82, 2.24) is 4.90 Å². The molecule has 2 aromatic rings. The van der Waals surface area contributed by atoms with Crippen LogP contribution in [0.25, 0.3) is 4.91 Å². The molecule has 1 atom stereocenters. The third-order valence-electron chi connectivity index (χ3n) is 5.01. The van der Waals surface area contributed by atoms with E-state index in [1.54, 1.807) is 53.6 Å². The van der Waals surface area contributed by atoms with Crippen molar-refractivity contribution in [2.75, 3.05) is 25.5 Å². The maximum Gasteiger partial charge on any atom is 0.290 e. The Morgan fingerprint density at radius 2 is 1.93 bits per heavy atom. The minimum atomic E-state index is -3.64. The first-order valence-corrected chi connectivity index (χ1v) is 11.3. The fraction of sp³-hybridized carbons (Fsp3) is 0.381. The number of furan rings is 1. The summed E-state index contributed by atoms with van der Waals surface area (Å²) in [7, 11) is -3.64. The summed E-state index contributed by atoms with van der Waals surface area (Å²) in [5, 5.41) is 0. The van der Waals surface area contributed by atoms with Gasteiger partial charge in [0, 0.05) is 13.2 Å². The lowest BCUT2D eigenvalue weighted by Crippen LogP contribution is -2.40. The molecular weight excluding hydrogens is 394 g/mol. The van der Waals surface area contributed by atoms with Crippen LogP contribution in [0, 0.1) is 0 Å². The van der Waals surface area contributed by atoms with E-state index < -0.39 is 15.7 Å². The molecule has 1 aromatic heterocycles. The number of hydrogen-bond donors (Lipinski definition) is 0. The molecule has 29 heavy (non-hydrogen) atoms. The van der Waals surface area contributed by atoms with Crippen molar-refractivity contribution in [2.24, 2.45) is 0 Å². The molecule has 0 radical (unpaired) electrons. The topological polar surface area (TPSA) is 86.0 Å². The van der Waals surface area contributed by atoms with Crippen LogP contribution in [-0.4, -0.2) is 50.8 Å². The molecule has 1 aromatic carbocycles. The van der Waals surface area contributed by atoms with Gasteiger partial charge in [-0.1, -0.05) is 30.3 Å². The van der Waals surface area contributed by atoms with Crippen LogP contribution >= 0.6 is 0 Å². The molecule has 154 valence electrons. The number of carbonyl (C=O) groups is 1. The molecule has 0 N–H and O–H groups in total. The Balaban J connectivity index is 1.72. The summed E-state index contributed by atoms with van der Waals surface area (Å²) < 4.78 is 42.4. The summed E-state index contributed by atoms with van der Waals surface area (Å²) in [6.45, 7) is 1.17. The molecular formula is C21H23NO6S. The zero-order valence-corrected chi connectivity index (χ0v) is 16.8. The minimum absolute atomic E-state index is 0.0474. The SMILES string of the molecule is O=C(C1=C(c2ccccc2)S(=O)(=O)CCO1)N(Cc1ccco1)C[C@@H]1CCCO1. The summed E-state index contributed by atoms with van der Waals surface area (Å²) in [6.07, 6.45) is 3.25. The lowest BCUT2D eigenvalue weighted by Gasteiger charge is -2.28. The van der Waals surface area contributed by atoms with Gasteiger partial charge in [-0.05, 0) is 30.5 Å². The van der Waals surface area contributed by atoms with Crippen molar-refractivity contribution in [3.05, 3.63) is 65.8 Å². The second kappa shape index (κ2) is 8.42. The van der Waals surface area contributed by atoms with Gasteiger partial charge in [0.2, 0.25) is 5.76 Å². The highest BCUT2D eigenvalue weighted by Crippen LogP contribution is 2.31. The Morgan fingerprint density at radius 1 is 1.10 bits per heavy atom. The lowest BCUT2D eigenvalue weighted by atomic mass is 10.1. The van der Waals surface area contributed by atoms with Crippen LogP contribution in [0.2, 0.25) is 0 Å². The first-order chi connectivity index (χ1) is 14.0. The minimum Gasteiger partial charge on any atom is -0.486 e. The van der Waals surface area contributed by atoms with Crippen LogP contribution in [0.5, 0.6) is 0 Å². The third-order valence-corrected chi connectivity index (χ3v) is 6.76. The number of nitrogens with zero attached hydrogens (tertiary/aromatic N) is 1. The predicted molar refractivity (Wildman–Crippen MR) is 106 cm³/mol. The molecule has 2 aliphatic heterocycles. The Labute approximate surface area is 169 Å². The van der Waals surface area contributed by atoms with Crippen LogP contribution in [0.3, 0.4) is 0 Å². The fourth-order valence-electron chi connectivity index (χ4n) is 3.61. The zero-order valence-electron chi connectivity index (χ0n) is 16.0. The molecule has 0 unspecified atom stereocenters. The Hall–Kier alpha value is -2.58. The average molecular weight is 417 g/mol. The highest BCUT2D eigenvalue weighted by Gasteiger charge is 2.36. The standard InChI is InChI=1S/C21H23NO6S/c23-21(22(14-17-8-4-10-26-17)15-18-9-5-11-27-18)19-20(16-6-2-1-3-7-16)29(24,25)13-12-28-19/h1-4,6-8,10,18H,5,9,11-15H2/t18-/m0/s1. The van der Waals surface area contributed by atoms with Gasteiger partial charge in [0.25, 0.3) is 5.91 Å². The highest BCUT2D eigenvalue weighted by atomic mass is 32.2. The van der Waals surface area contributed by atoms with Crippen LogP contribution in [-0.2, 0) is 30.7 Å².